The fraction of sp³-hybridized carbons (Fsp3) is 0.444. The lowest BCUT2D eigenvalue weighted by atomic mass is 9.98. The Hall–Kier alpha value is -3.39. The number of aliphatic carboxylic acids is 1. The fourth-order valence-electron chi connectivity index (χ4n) is 4.35. The summed E-state index contributed by atoms with van der Waals surface area (Å²) in [5.41, 5.74) is 4.43. The number of methoxy groups -OCH3 is 1. The van der Waals surface area contributed by atoms with Gasteiger partial charge in [-0.25, -0.2) is 9.59 Å². The van der Waals surface area contributed by atoms with Gasteiger partial charge in [0.25, 0.3) is 0 Å². The van der Waals surface area contributed by atoms with Gasteiger partial charge in [0.1, 0.15) is 12.6 Å². The highest BCUT2D eigenvalue weighted by Gasteiger charge is 2.32. The molecule has 1 aliphatic rings. The van der Waals surface area contributed by atoms with Gasteiger partial charge in [0.2, 0.25) is 5.91 Å². The molecule has 3 N–H and O–H groups in total. The Balaban J connectivity index is 1.69. The fourth-order valence-corrected chi connectivity index (χ4v) is 4.35. The van der Waals surface area contributed by atoms with Crippen LogP contribution in [0.4, 0.5) is 4.79 Å². The van der Waals surface area contributed by atoms with Gasteiger partial charge in [0.05, 0.1) is 6.10 Å². The van der Waals surface area contributed by atoms with Crippen molar-refractivity contribution in [3.05, 3.63) is 59.7 Å². The van der Waals surface area contributed by atoms with Gasteiger partial charge >= 0.3 is 12.1 Å². The van der Waals surface area contributed by atoms with Crippen molar-refractivity contribution in [2.24, 2.45) is 5.92 Å². The molecular formula is C27H34N2O6. The van der Waals surface area contributed by atoms with Gasteiger partial charge in [-0.05, 0) is 41.5 Å². The highest BCUT2D eigenvalue weighted by atomic mass is 16.5. The van der Waals surface area contributed by atoms with E-state index in [1.165, 1.54) is 7.11 Å². The van der Waals surface area contributed by atoms with Crippen LogP contribution in [0.15, 0.2) is 48.5 Å². The summed E-state index contributed by atoms with van der Waals surface area (Å²) in [6, 6.07) is 13.9. The third kappa shape index (κ3) is 6.19. The van der Waals surface area contributed by atoms with E-state index in [-0.39, 0.29) is 18.4 Å². The highest BCUT2D eigenvalue weighted by Crippen LogP contribution is 2.44. The minimum Gasteiger partial charge on any atom is -0.480 e. The number of fused-ring (bicyclic) bond motifs is 3. The monoisotopic (exact) mass is 482 g/mol. The van der Waals surface area contributed by atoms with Crippen LogP contribution in [0.25, 0.3) is 11.1 Å². The van der Waals surface area contributed by atoms with E-state index in [1.54, 1.807) is 6.92 Å². The molecule has 0 aromatic heterocycles. The SMILES string of the molecule is CCC(C)CC(NC(=O)OCC1c2ccccc2-c2ccccc21)C(=O)N[C@H](C(=O)O)[C@@H](C)OC. The molecule has 2 unspecified atom stereocenters. The lowest BCUT2D eigenvalue weighted by molar-refractivity contribution is -0.145. The standard InChI is InChI=1S/C27H34N2O6/c1-5-16(2)14-23(25(30)29-24(26(31)32)17(3)34-4)28-27(33)35-15-22-20-12-8-6-10-18(20)19-11-7-9-13-21(19)22/h6-13,16-17,22-24H,5,14-15H2,1-4H3,(H,28,33)(H,29,30)(H,31,32)/t16?,17-,23?,24+/m1/s1. The lowest BCUT2D eigenvalue weighted by Gasteiger charge is -2.25. The van der Waals surface area contributed by atoms with Crippen LogP contribution in [0.3, 0.4) is 0 Å². The van der Waals surface area contributed by atoms with E-state index in [2.05, 4.69) is 22.8 Å². The summed E-state index contributed by atoms with van der Waals surface area (Å²) >= 11 is 0. The molecule has 4 atom stereocenters. The average Bonchev–Trinajstić information content (AvgIpc) is 3.18. The number of carboxylic acids is 1. The molecule has 8 heteroatoms. The number of rotatable bonds is 11. The number of hydrogen-bond acceptors (Lipinski definition) is 5. The van der Waals surface area contributed by atoms with Crippen molar-refractivity contribution in [2.75, 3.05) is 13.7 Å². The smallest absolute Gasteiger partial charge is 0.407 e. The first-order chi connectivity index (χ1) is 16.8. The molecule has 0 radical (unpaired) electrons. The predicted molar refractivity (Wildman–Crippen MR) is 132 cm³/mol. The number of amides is 2. The van der Waals surface area contributed by atoms with Crippen molar-refractivity contribution < 1.29 is 29.0 Å². The van der Waals surface area contributed by atoms with Gasteiger partial charge in [-0.2, -0.15) is 0 Å². The quantitative estimate of drug-likeness (QED) is 0.447. The number of carboxylic acid groups (broad SMARTS) is 1. The number of alkyl carbamates (subject to hydrolysis) is 1. The van der Waals surface area contributed by atoms with Crippen molar-refractivity contribution in [1.29, 1.82) is 0 Å². The van der Waals surface area contributed by atoms with Crippen LogP contribution in [0.5, 0.6) is 0 Å². The molecule has 3 rings (SSSR count). The maximum absolute atomic E-state index is 13.0. The number of ether oxygens (including phenoxy) is 2. The first kappa shape index (κ1) is 26.2. The Kier molecular flexibility index (Phi) is 8.87. The molecule has 0 fully saturated rings. The normalized spacial score (nSPS) is 15.8. The second kappa shape index (κ2) is 11.8. The van der Waals surface area contributed by atoms with Crippen LogP contribution >= 0.6 is 0 Å². The molecular weight excluding hydrogens is 448 g/mol. The Morgan fingerprint density at radius 3 is 2.06 bits per heavy atom. The van der Waals surface area contributed by atoms with E-state index in [9.17, 15) is 19.5 Å². The molecule has 2 aromatic carbocycles. The second-order valence-corrected chi connectivity index (χ2v) is 9.04. The lowest BCUT2D eigenvalue weighted by Crippen LogP contribution is -2.55. The Bertz CT molecular complexity index is 1010. The zero-order valence-corrected chi connectivity index (χ0v) is 20.6. The molecule has 2 amide bonds. The second-order valence-electron chi connectivity index (χ2n) is 9.04. The number of carbonyl (C=O) groups excluding carboxylic acids is 2. The number of hydrogen-bond donors (Lipinski definition) is 3. The Labute approximate surface area is 206 Å². The first-order valence-corrected chi connectivity index (χ1v) is 11.9. The molecule has 0 bridgehead atoms. The average molecular weight is 483 g/mol. The van der Waals surface area contributed by atoms with E-state index in [4.69, 9.17) is 9.47 Å². The van der Waals surface area contributed by atoms with Crippen LogP contribution < -0.4 is 10.6 Å². The molecule has 188 valence electrons. The molecule has 0 aliphatic heterocycles. The van der Waals surface area contributed by atoms with Gasteiger partial charge in [-0.3, -0.25) is 4.79 Å². The molecule has 1 aliphatic carbocycles. The van der Waals surface area contributed by atoms with Gasteiger partial charge in [0, 0.05) is 13.0 Å². The summed E-state index contributed by atoms with van der Waals surface area (Å²) in [5, 5.41) is 14.6. The summed E-state index contributed by atoms with van der Waals surface area (Å²) in [6.45, 7) is 5.63. The predicted octanol–water partition coefficient (Wildman–Crippen LogP) is 3.93. The van der Waals surface area contributed by atoms with Crippen LogP contribution in [0.2, 0.25) is 0 Å². The maximum atomic E-state index is 13.0. The summed E-state index contributed by atoms with van der Waals surface area (Å²) in [6.07, 6.45) is -0.315. The third-order valence-corrected chi connectivity index (χ3v) is 6.69. The van der Waals surface area contributed by atoms with Crippen molar-refractivity contribution in [2.45, 2.75) is 57.7 Å². The van der Waals surface area contributed by atoms with E-state index in [0.29, 0.717) is 6.42 Å². The highest BCUT2D eigenvalue weighted by molar-refractivity contribution is 5.89. The molecule has 0 saturated carbocycles. The molecule has 2 aromatic rings. The van der Waals surface area contributed by atoms with Gasteiger partial charge < -0.3 is 25.2 Å². The Morgan fingerprint density at radius 2 is 1.54 bits per heavy atom. The van der Waals surface area contributed by atoms with Gasteiger partial charge in [-0.1, -0.05) is 68.8 Å². The van der Waals surface area contributed by atoms with Crippen LogP contribution in [-0.2, 0) is 19.1 Å². The van der Waals surface area contributed by atoms with E-state index in [1.807, 2.05) is 50.2 Å². The van der Waals surface area contributed by atoms with Crippen molar-refractivity contribution >= 4 is 18.0 Å². The minimum atomic E-state index is -1.24. The van der Waals surface area contributed by atoms with E-state index in [0.717, 1.165) is 28.7 Å². The van der Waals surface area contributed by atoms with Crippen molar-refractivity contribution in [3.8, 4) is 11.1 Å². The molecule has 0 saturated heterocycles. The first-order valence-electron chi connectivity index (χ1n) is 11.9. The zero-order chi connectivity index (χ0) is 25.5. The van der Waals surface area contributed by atoms with E-state index < -0.39 is 36.2 Å². The zero-order valence-electron chi connectivity index (χ0n) is 20.6. The largest absolute Gasteiger partial charge is 0.480 e. The van der Waals surface area contributed by atoms with Crippen LogP contribution in [-0.4, -0.2) is 55.0 Å². The Morgan fingerprint density at radius 1 is 0.971 bits per heavy atom. The molecule has 0 heterocycles. The summed E-state index contributed by atoms with van der Waals surface area (Å²) in [5.74, 6) is -1.78. The maximum Gasteiger partial charge on any atom is 0.407 e. The number of nitrogens with one attached hydrogen (secondary N) is 2. The number of benzene rings is 2. The molecule has 8 nitrogen and oxygen atoms in total. The van der Waals surface area contributed by atoms with Crippen molar-refractivity contribution in [1.82, 2.24) is 10.6 Å². The van der Waals surface area contributed by atoms with Crippen LogP contribution in [0.1, 0.15) is 50.7 Å². The molecule has 0 spiro atoms. The number of carbonyl (C=O) groups is 3. The summed E-state index contributed by atoms with van der Waals surface area (Å²) < 4.78 is 10.7. The topological polar surface area (TPSA) is 114 Å². The van der Waals surface area contributed by atoms with Gasteiger partial charge in [-0.15, -0.1) is 0 Å². The molecule has 35 heavy (non-hydrogen) atoms. The summed E-state index contributed by atoms with van der Waals surface area (Å²) in [4.78, 5) is 37.3. The van der Waals surface area contributed by atoms with Crippen molar-refractivity contribution in [3.63, 3.8) is 0 Å². The van der Waals surface area contributed by atoms with Crippen LogP contribution in [0, 0.1) is 5.92 Å². The summed E-state index contributed by atoms with van der Waals surface area (Å²) in [7, 11) is 1.37. The minimum absolute atomic E-state index is 0.103. The van der Waals surface area contributed by atoms with E-state index >= 15 is 0 Å². The third-order valence-electron chi connectivity index (χ3n) is 6.69. The van der Waals surface area contributed by atoms with Gasteiger partial charge in [0.15, 0.2) is 6.04 Å².